The molecular weight excluding hydrogens is 1050 g/mol. The van der Waals surface area contributed by atoms with Crippen LogP contribution in [0.15, 0.2) is 364 Å². The van der Waals surface area contributed by atoms with Gasteiger partial charge in [0.2, 0.25) is 0 Å². The number of rotatable bonds is 12. The van der Waals surface area contributed by atoms with Gasteiger partial charge >= 0.3 is 0 Å². The Morgan fingerprint density at radius 2 is 0.169 bits per heavy atom. The van der Waals surface area contributed by atoms with E-state index in [4.69, 9.17) is 0 Å². The molecule has 0 saturated carbocycles. The third-order valence-corrected chi connectivity index (χ3v) is 23.7. The number of benzene rings is 12. The fourth-order valence-corrected chi connectivity index (χ4v) is 19.6. The van der Waals surface area contributed by atoms with E-state index in [0.717, 1.165) is 0 Å². The zero-order valence-corrected chi connectivity index (χ0v) is 48.0. The van der Waals surface area contributed by atoms with Crippen molar-refractivity contribution < 1.29 is 16.8 Å². The normalized spacial score (nSPS) is 10.4. The third kappa shape index (κ3) is 16.4. The quantitative estimate of drug-likeness (QED) is 0.107. The number of hydrogen-bond acceptors (Lipinski definition) is 0. The molecule has 0 spiro atoms. The Hall–Kier alpha value is -7.13. The summed E-state index contributed by atoms with van der Waals surface area (Å²) >= 11 is 0. The van der Waals surface area contributed by atoms with E-state index in [2.05, 4.69) is 364 Å². The van der Waals surface area contributed by atoms with Gasteiger partial charge in [-0.25, -0.2) is 0 Å². The van der Waals surface area contributed by atoms with Gasteiger partial charge in [-0.3, -0.25) is 0 Å². The molecular formula is C72H64CoP4+4. The maximum absolute atomic E-state index is 2.24. The summed E-state index contributed by atoms with van der Waals surface area (Å²) in [5.41, 5.74) is 0. The van der Waals surface area contributed by atoms with Gasteiger partial charge < -0.3 is 0 Å². The molecule has 0 fully saturated rings. The predicted octanol–water partition coefficient (Wildman–Crippen LogP) is 12.7. The van der Waals surface area contributed by atoms with Crippen LogP contribution in [0.2, 0.25) is 0 Å². The van der Waals surface area contributed by atoms with Crippen LogP contribution < -0.4 is 63.7 Å². The average Bonchev–Trinajstić information content (AvgIpc) is 3.51. The Labute approximate surface area is 472 Å². The minimum atomic E-state index is -0.877. The van der Waals surface area contributed by atoms with Crippen LogP contribution in [0.25, 0.3) is 0 Å². The maximum Gasteiger partial charge on any atom is 0.102 e. The van der Waals surface area contributed by atoms with Crippen LogP contribution in [-0.2, 0) is 16.8 Å². The molecule has 0 bridgehead atoms. The molecule has 12 aromatic rings. The Morgan fingerprint density at radius 1 is 0.104 bits per heavy atom. The smallest absolute Gasteiger partial charge is 0.0620 e. The molecule has 0 heterocycles. The van der Waals surface area contributed by atoms with Crippen molar-refractivity contribution in [1.29, 1.82) is 0 Å². The zero-order valence-electron chi connectivity index (χ0n) is 43.0. The van der Waals surface area contributed by atoms with E-state index in [9.17, 15) is 0 Å². The van der Waals surface area contributed by atoms with Crippen molar-refractivity contribution >= 4 is 95.3 Å². The standard InChI is InChI=1S/4C18H15P.Co/c4*1-4-10-16(11-5-1)19(17-12-6-2-7-13-17)18-14-8-3-9-15-18;/h4*1-15H;/p+4. The predicted molar refractivity (Wildman–Crippen MR) is 346 cm³/mol. The molecule has 0 nitrogen and oxygen atoms in total. The van der Waals surface area contributed by atoms with Crippen molar-refractivity contribution in [2.75, 3.05) is 0 Å². The van der Waals surface area contributed by atoms with Gasteiger partial charge in [0.1, 0.15) is 63.7 Å². The van der Waals surface area contributed by atoms with E-state index in [-0.39, 0.29) is 16.8 Å². The second-order valence-electron chi connectivity index (χ2n) is 17.9. The van der Waals surface area contributed by atoms with Crippen LogP contribution in [0.4, 0.5) is 0 Å². The van der Waals surface area contributed by atoms with Gasteiger partial charge in [0.05, 0.1) is 31.7 Å². The Balaban J connectivity index is 0.000000135. The second kappa shape index (κ2) is 31.2. The molecule has 0 aliphatic carbocycles. The molecule has 0 aliphatic rings. The van der Waals surface area contributed by atoms with E-state index in [1.54, 1.807) is 0 Å². The van der Waals surface area contributed by atoms with E-state index >= 15 is 0 Å². The summed E-state index contributed by atoms with van der Waals surface area (Å²) in [6, 6.07) is 130. The molecule has 12 aromatic carbocycles. The molecule has 0 amide bonds. The van der Waals surface area contributed by atoms with E-state index in [0.29, 0.717) is 0 Å². The van der Waals surface area contributed by atoms with E-state index < -0.39 is 31.7 Å². The van der Waals surface area contributed by atoms with Crippen LogP contribution >= 0.6 is 31.7 Å². The van der Waals surface area contributed by atoms with Gasteiger partial charge in [0.15, 0.2) is 0 Å². The minimum Gasteiger partial charge on any atom is -0.0620 e. The van der Waals surface area contributed by atoms with Gasteiger partial charge in [-0.1, -0.05) is 218 Å². The summed E-state index contributed by atoms with van der Waals surface area (Å²) in [4.78, 5) is 0. The van der Waals surface area contributed by atoms with Crippen molar-refractivity contribution in [3.63, 3.8) is 0 Å². The topological polar surface area (TPSA) is 0 Å². The third-order valence-electron chi connectivity index (χ3n) is 12.7. The molecule has 0 atom stereocenters. The van der Waals surface area contributed by atoms with Crippen molar-refractivity contribution in [2.45, 2.75) is 0 Å². The SMILES string of the molecule is [Co].c1ccc([PH+](c2ccccc2)c2ccccc2)cc1.c1ccc([PH+](c2ccccc2)c2ccccc2)cc1.c1ccc([PH+](c2ccccc2)c2ccccc2)cc1.c1ccc([PH+](c2ccccc2)c2ccccc2)cc1. The summed E-state index contributed by atoms with van der Waals surface area (Å²) in [7, 11) is -3.51. The molecule has 77 heavy (non-hydrogen) atoms. The monoisotopic (exact) mass is 1110 g/mol. The van der Waals surface area contributed by atoms with Crippen molar-refractivity contribution in [3.8, 4) is 0 Å². The largest absolute Gasteiger partial charge is 0.102 e. The molecule has 0 saturated heterocycles. The Kier molecular flexibility index (Phi) is 22.7. The van der Waals surface area contributed by atoms with Crippen LogP contribution in [0.1, 0.15) is 0 Å². The molecule has 377 valence electrons. The van der Waals surface area contributed by atoms with Crippen LogP contribution in [0.5, 0.6) is 0 Å². The van der Waals surface area contributed by atoms with Gasteiger partial charge in [-0.15, -0.1) is 0 Å². The first kappa shape index (κ1) is 56.1. The van der Waals surface area contributed by atoms with Crippen molar-refractivity contribution in [1.82, 2.24) is 0 Å². The summed E-state index contributed by atoms with van der Waals surface area (Å²) < 4.78 is 0. The van der Waals surface area contributed by atoms with Crippen molar-refractivity contribution in [2.24, 2.45) is 0 Å². The van der Waals surface area contributed by atoms with Gasteiger partial charge in [0.25, 0.3) is 0 Å². The van der Waals surface area contributed by atoms with Gasteiger partial charge in [-0.05, 0) is 146 Å². The molecule has 0 aromatic heterocycles. The first-order valence-corrected chi connectivity index (χ1v) is 31.9. The molecule has 0 unspecified atom stereocenters. The summed E-state index contributed by atoms with van der Waals surface area (Å²) in [6.07, 6.45) is 0. The Morgan fingerprint density at radius 3 is 0.234 bits per heavy atom. The Bertz CT molecular complexity index is 2580. The minimum absolute atomic E-state index is 0. The van der Waals surface area contributed by atoms with Gasteiger partial charge in [-0.2, -0.15) is 0 Å². The molecule has 5 heteroatoms. The summed E-state index contributed by atoms with van der Waals surface area (Å²) in [5.74, 6) is 0. The van der Waals surface area contributed by atoms with Crippen LogP contribution in [-0.4, -0.2) is 0 Å². The van der Waals surface area contributed by atoms with Gasteiger partial charge in [0, 0.05) is 16.8 Å². The fourth-order valence-electron chi connectivity index (χ4n) is 9.26. The maximum atomic E-state index is 2.24. The summed E-state index contributed by atoms with van der Waals surface area (Å²) in [5, 5.41) is 17.2. The molecule has 0 N–H and O–H groups in total. The van der Waals surface area contributed by atoms with E-state index in [1.165, 1.54) is 63.7 Å². The van der Waals surface area contributed by atoms with E-state index in [1.807, 2.05) is 0 Å². The molecule has 0 aliphatic heterocycles. The second-order valence-corrected chi connectivity index (χ2v) is 27.8. The van der Waals surface area contributed by atoms with Crippen molar-refractivity contribution in [3.05, 3.63) is 364 Å². The average molecular weight is 1110 g/mol. The zero-order chi connectivity index (χ0) is 51.7. The summed E-state index contributed by atoms with van der Waals surface area (Å²) in [6.45, 7) is 0. The first-order valence-electron chi connectivity index (χ1n) is 25.9. The van der Waals surface area contributed by atoms with Crippen LogP contribution in [0, 0.1) is 0 Å². The number of hydrogen-bond donors (Lipinski definition) is 0. The molecule has 1 radical (unpaired) electrons. The molecule has 12 rings (SSSR count). The first-order chi connectivity index (χ1) is 37.8. The van der Waals surface area contributed by atoms with Crippen LogP contribution in [0.3, 0.4) is 0 Å². The fraction of sp³-hybridized carbons (Fsp3) is 0.